The molecule has 1 unspecified atom stereocenters. The molecule has 2 amide bonds. The van der Waals surface area contributed by atoms with Crippen molar-refractivity contribution >= 4 is 34.5 Å². The number of piperazine rings is 1. The van der Waals surface area contributed by atoms with E-state index in [1.807, 2.05) is 12.1 Å². The molecule has 0 radical (unpaired) electrons. The van der Waals surface area contributed by atoms with Crippen LogP contribution in [0.2, 0.25) is 5.02 Å². The summed E-state index contributed by atoms with van der Waals surface area (Å²) in [5, 5.41) is 10.7. The molecule has 1 atom stereocenters. The molecular weight excluding hydrogens is 366 g/mol. The van der Waals surface area contributed by atoms with Crippen molar-refractivity contribution in [1.29, 1.82) is 0 Å². The molecule has 2 aromatic rings. The van der Waals surface area contributed by atoms with Crippen molar-refractivity contribution in [1.82, 2.24) is 14.8 Å². The van der Waals surface area contributed by atoms with Crippen LogP contribution < -0.4 is 0 Å². The molecule has 6 nitrogen and oxygen atoms in total. The fourth-order valence-corrected chi connectivity index (χ4v) is 4.32. The zero-order chi connectivity index (χ0) is 19.1. The van der Waals surface area contributed by atoms with E-state index in [-0.39, 0.29) is 5.91 Å². The summed E-state index contributed by atoms with van der Waals surface area (Å²) in [6.07, 6.45) is 2.03. The molecule has 1 fully saturated rings. The number of pyridine rings is 1. The Bertz CT molecular complexity index is 922. The lowest BCUT2D eigenvalue weighted by Gasteiger charge is -2.33. The number of carbonyl (C=O) groups is 2. The van der Waals surface area contributed by atoms with Crippen molar-refractivity contribution < 1.29 is 14.7 Å². The van der Waals surface area contributed by atoms with Gasteiger partial charge in [-0.2, -0.15) is 0 Å². The molecule has 2 heterocycles. The zero-order valence-corrected chi connectivity index (χ0v) is 16.0. The number of rotatable bonds is 1. The Hall–Kier alpha value is -2.34. The van der Waals surface area contributed by atoms with E-state index in [0.717, 1.165) is 46.4 Å². The number of hydrogen-bond acceptors (Lipinski definition) is 3. The third-order valence-electron chi connectivity index (χ3n) is 5.61. The molecule has 1 aromatic carbocycles. The van der Waals surface area contributed by atoms with E-state index in [1.165, 1.54) is 4.90 Å². The second-order valence-corrected chi connectivity index (χ2v) is 7.87. The highest BCUT2D eigenvalue weighted by Crippen LogP contribution is 2.35. The molecule has 0 bridgehead atoms. The summed E-state index contributed by atoms with van der Waals surface area (Å²) in [7, 11) is 0. The molecule has 142 valence electrons. The standard InChI is InChI=1S/C20H22ClN3O3/c1-12-2-5-16-15(10-12)18(21)14-4-3-13(11-17(14)22-16)19(25)23-6-8-24(9-7-23)20(26)27/h3-4,11-12H,2,5-10H2,1H3,(H,26,27). The number of halogens is 1. The van der Waals surface area contributed by atoms with E-state index in [1.54, 1.807) is 11.0 Å². The molecule has 7 heteroatoms. The fraction of sp³-hybridized carbons (Fsp3) is 0.450. The first-order valence-electron chi connectivity index (χ1n) is 9.32. The van der Waals surface area contributed by atoms with Crippen LogP contribution in [0.15, 0.2) is 18.2 Å². The van der Waals surface area contributed by atoms with Gasteiger partial charge in [0.05, 0.1) is 10.5 Å². The second kappa shape index (κ2) is 7.00. The van der Waals surface area contributed by atoms with Crippen LogP contribution in [-0.4, -0.2) is 58.1 Å². The maximum absolute atomic E-state index is 12.8. The van der Waals surface area contributed by atoms with Gasteiger partial charge in [0.15, 0.2) is 0 Å². The summed E-state index contributed by atoms with van der Waals surface area (Å²) < 4.78 is 0. The Kier molecular flexibility index (Phi) is 4.68. The molecule has 0 spiro atoms. The van der Waals surface area contributed by atoms with Gasteiger partial charge in [-0.05, 0) is 42.9 Å². The van der Waals surface area contributed by atoms with Crippen molar-refractivity contribution in [3.05, 3.63) is 40.0 Å². The lowest BCUT2D eigenvalue weighted by Crippen LogP contribution is -2.50. The van der Waals surface area contributed by atoms with Gasteiger partial charge < -0.3 is 14.9 Å². The third kappa shape index (κ3) is 3.34. The van der Waals surface area contributed by atoms with Gasteiger partial charge in [0.1, 0.15) is 0 Å². The monoisotopic (exact) mass is 387 g/mol. The minimum Gasteiger partial charge on any atom is -0.465 e. The van der Waals surface area contributed by atoms with Crippen LogP contribution in [0.25, 0.3) is 10.9 Å². The van der Waals surface area contributed by atoms with Crippen LogP contribution in [0.1, 0.15) is 35.0 Å². The Morgan fingerprint density at radius 3 is 2.59 bits per heavy atom. The Balaban J connectivity index is 1.61. The van der Waals surface area contributed by atoms with Crippen LogP contribution in [0.4, 0.5) is 4.79 Å². The van der Waals surface area contributed by atoms with Gasteiger partial charge >= 0.3 is 6.09 Å². The van der Waals surface area contributed by atoms with Gasteiger partial charge in [0.2, 0.25) is 0 Å². The van der Waals surface area contributed by atoms with E-state index in [0.29, 0.717) is 37.7 Å². The summed E-state index contributed by atoms with van der Waals surface area (Å²) in [6, 6.07) is 5.48. The number of nitrogens with zero attached hydrogens (tertiary/aromatic N) is 3. The zero-order valence-electron chi connectivity index (χ0n) is 15.2. The van der Waals surface area contributed by atoms with Gasteiger partial charge in [-0.3, -0.25) is 9.78 Å². The van der Waals surface area contributed by atoms with Crippen LogP contribution in [0.3, 0.4) is 0 Å². The normalized spacial score (nSPS) is 19.9. The molecule has 1 aliphatic carbocycles. The van der Waals surface area contributed by atoms with E-state index >= 15 is 0 Å². The maximum Gasteiger partial charge on any atom is 0.407 e. The summed E-state index contributed by atoms with van der Waals surface area (Å²) >= 11 is 6.65. The SMILES string of the molecule is CC1CCc2nc3cc(C(=O)N4CCN(C(=O)O)CC4)ccc3c(Cl)c2C1. The number of amides is 2. The summed E-state index contributed by atoms with van der Waals surface area (Å²) in [6.45, 7) is 3.71. The van der Waals surface area contributed by atoms with Gasteiger partial charge in [0, 0.05) is 42.8 Å². The lowest BCUT2D eigenvalue weighted by atomic mass is 9.87. The average molecular weight is 388 g/mol. The van der Waals surface area contributed by atoms with Crippen molar-refractivity contribution in [2.75, 3.05) is 26.2 Å². The van der Waals surface area contributed by atoms with E-state index in [4.69, 9.17) is 21.7 Å². The first kappa shape index (κ1) is 18.0. The second-order valence-electron chi connectivity index (χ2n) is 7.49. The minimum atomic E-state index is -0.939. The fourth-order valence-electron chi connectivity index (χ4n) is 3.98. The summed E-state index contributed by atoms with van der Waals surface area (Å²) in [5.74, 6) is 0.519. The smallest absolute Gasteiger partial charge is 0.407 e. The highest BCUT2D eigenvalue weighted by Gasteiger charge is 2.26. The predicted octanol–water partition coefficient (Wildman–Crippen LogP) is 3.45. The number of carboxylic acid groups (broad SMARTS) is 1. The average Bonchev–Trinajstić information content (AvgIpc) is 2.68. The topological polar surface area (TPSA) is 73.7 Å². The van der Waals surface area contributed by atoms with Crippen LogP contribution in [-0.2, 0) is 12.8 Å². The third-order valence-corrected chi connectivity index (χ3v) is 6.05. The van der Waals surface area contributed by atoms with E-state index in [9.17, 15) is 9.59 Å². The predicted molar refractivity (Wildman–Crippen MR) is 103 cm³/mol. The molecule has 1 saturated heterocycles. The molecular formula is C20H22ClN3O3. The van der Waals surface area contributed by atoms with Crippen molar-refractivity contribution in [3.8, 4) is 0 Å². The Morgan fingerprint density at radius 1 is 1.19 bits per heavy atom. The van der Waals surface area contributed by atoms with Crippen LogP contribution >= 0.6 is 11.6 Å². The summed E-state index contributed by atoms with van der Waals surface area (Å²) in [5.41, 5.74) is 3.51. The first-order valence-corrected chi connectivity index (χ1v) is 9.70. The number of aromatic nitrogens is 1. The number of hydrogen-bond donors (Lipinski definition) is 1. The molecule has 4 rings (SSSR count). The minimum absolute atomic E-state index is 0.0915. The quantitative estimate of drug-likeness (QED) is 0.813. The van der Waals surface area contributed by atoms with Gasteiger partial charge in [-0.1, -0.05) is 24.6 Å². The van der Waals surface area contributed by atoms with E-state index < -0.39 is 6.09 Å². The highest BCUT2D eigenvalue weighted by molar-refractivity contribution is 6.36. The van der Waals surface area contributed by atoms with Gasteiger partial charge in [-0.25, -0.2) is 4.79 Å². The van der Waals surface area contributed by atoms with Gasteiger partial charge in [-0.15, -0.1) is 0 Å². The Labute approximate surface area is 162 Å². The number of carbonyl (C=O) groups excluding carboxylic acids is 1. The molecule has 2 aliphatic rings. The first-order chi connectivity index (χ1) is 12.9. The molecule has 0 saturated carbocycles. The molecule has 1 aromatic heterocycles. The molecule has 1 N–H and O–H groups in total. The Morgan fingerprint density at radius 2 is 1.89 bits per heavy atom. The van der Waals surface area contributed by atoms with Crippen LogP contribution in [0.5, 0.6) is 0 Å². The van der Waals surface area contributed by atoms with Crippen molar-refractivity contribution in [3.63, 3.8) is 0 Å². The number of aryl methyl sites for hydroxylation is 1. The van der Waals surface area contributed by atoms with Crippen molar-refractivity contribution in [2.24, 2.45) is 5.92 Å². The van der Waals surface area contributed by atoms with Crippen LogP contribution in [0, 0.1) is 5.92 Å². The molecule has 1 aliphatic heterocycles. The van der Waals surface area contributed by atoms with Gasteiger partial charge in [0.25, 0.3) is 5.91 Å². The van der Waals surface area contributed by atoms with Crippen molar-refractivity contribution in [2.45, 2.75) is 26.2 Å². The molecule has 27 heavy (non-hydrogen) atoms. The number of fused-ring (bicyclic) bond motifs is 2. The number of benzene rings is 1. The summed E-state index contributed by atoms with van der Waals surface area (Å²) in [4.78, 5) is 31.7. The maximum atomic E-state index is 12.8. The largest absolute Gasteiger partial charge is 0.465 e. The highest BCUT2D eigenvalue weighted by atomic mass is 35.5. The van der Waals surface area contributed by atoms with E-state index in [2.05, 4.69) is 6.92 Å². The lowest BCUT2D eigenvalue weighted by molar-refractivity contribution is 0.0625.